The van der Waals surface area contributed by atoms with Gasteiger partial charge in [0.25, 0.3) is 5.91 Å². The largest absolute Gasteiger partial charge is 0.490 e. The van der Waals surface area contributed by atoms with Crippen molar-refractivity contribution in [1.29, 1.82) is 0 Å². The third kappa shape index (κ3) is 2.99. The predicted molar refractivity (Wildman–Crippen MR) is 75.6 cm³/mol. The molecule has 1 amide bonds. The maximum absolute atomic E-state index is 12.2. The first-order valence-electron chi connectivity index (χ1n) is 6.23. The summed E-state index contributed by atoms with van der Waals surface area (Å²) < 4.78 is 4.99. The van der Waals surface area contributed by atoms with Gasteiger partial charge in [-0.3, -0.25) is 20.0 Å². The summed E-state index contributed by atoms with van der Waals surface area (Å²) in [6.07, 6.45) is 0.753. The van der Waals surface area contributed by atoms with Crippen LogP contribution in [0.1, 0.15) is 23.0 Å². The van der Waals surface area contributed by atoms with Gasteiger partial charge in [0.1, 0.15) is 0 Å². The Morgan fingerprint density at radius 3 is 2.86 bits per heavy atom. The summed E-state index contributed by atoms with van der Waals surface area (Å²) in [5.41, 5.74) is 0.686. The van der Waals surface area contributed by atoms with Crippen LogP contribution in [0.25, 0.3) is 0 Å². The lowest BCUT2D eigenvalue weighted by Crippen LogP contribution is -2.14. The van der Waals surface area contributed by atoms with Gasteiger partial charge in [0.05, 0.1) is 17.6 Å². The number of nitro benzene ring substituents is 1. The number of hydrogen-bond acceptors (Lipinski definition) is 5. The number of H-pyrrole nitrogens is 1. The van der Waals surface area contributed by atoms with Gasteiger partial charge in [-0.1, -0.05) is 13.0 Å². The first kappa shape index (κ1) is 14.5. The molecule has 110 valence electrons. The first-order valence-corrected chi connectivity index (χ1v) is 6.23. The second-order valence-electron chi connectivity index (χ2n) is 4.20. The highest BCUT2D eigenvalue weighted by Gasteiger charge is 2.22. The molecule has 2 aromatic rings. The van der Waals surface area contributed by atoms with Crippen LogP contribution in [-0.4, -0.2) is 28.1 Å². The van der Waals surface area contributed by atoms with E-state index in [-0.39, 0.29) is 17.0 Å². The average molecular weight is 290 g/mol. The number of nitrogens with zero attached hydrogens (tertiary/aromatic N) is 2. The number of hydrogen-bond donors (Lipinski definition) is 2. The normalized spacial score (nSPS) is 10.2. The van der Waals surface area contributed by atoms with Crippen LogP contribution in [0.4, 0.5) is 11.5 Å². The number of nitrogens with one attached hydrogen (secondary N) is 2. The topological polar surface area (TPSA) is 110 Å². The van der Waals surface area contributed by atoms with Gasteiger partial charge in [-0.15, -0.1) is 0 Å². The van der Waals surface area contributed by atoms with Crippen LogP contribution < -0.4 is 10.1 Å². The molecule has 8 heteroatoms. The fourth-order valence-corrected chi connectivity index (χ4v) is 1.85. The Balaban J connectivity index is 2.30. The van der Waals surface area contributed by atoms with Crippen LogP contribution in [0, 0.1) is 10.1 Å². The Labute approximate surface area is 120 Å². The summed E-state index contributed by atoms with van der Waals surface area (Å²) in [6, 6.07) is 5.85. The van der Waals surface area contributed by atoms with Gasteiger partial charge in [-0.2, -0.15) is 5.10 Å². The fourth-order valence-electron chi connectivity index (χ4n) is 1.85. The minimum Gasteiger partial charge on any atom is -0.490 e. The highest BCUT2D eigenvalue weighted by molar-refractivity contribution is 6.06. The molecule has 0 bridgehead atoms. The SMILES string of the molecule is CCc1cc(NC(=O)c2cccc([N+](=O)[O-])c2OC)n[nH]1. The average Bonchev–Trinajstić information content (AvgIpc) is 2.93. The van der Waals surface area contributed by atoms with Crippen LogP contribution in [0.2, 0.25) is 0 Å². The summed E-state index contributed by atoms with van der Waals surface area (Å²) in [7, 11) is 1.28. The number of benzene rings is 1. The van der Waals surface area contributed by atoms with Crippen molar-refractivity contribution >= 4 is 17.4 Å². The number of methoxy groups -OCH3 is 1. The molecule has 2 N–H and O–H groups in total. The van der Waals surface area contributed by atoms with E-state index >= 15 is 0 Å². The molecule has 0 saturated heterocycles. The standard InChI is InChI=1S/C13H14N4O4/c1-3-8-7-11(16-15-8)14-13(18)9-5-4-6-10(17(19)20)12(9)21-2/h4-7H,3H2,1-2H3,(H2,14,15,16,18). The highest BCUT2D eigenvalue weighted by atomic mass is 16.6. The second-order valence-corrected chi connectivity index (χ2v) is 4.20. The Morgan fingerprint density at radius 1 is 1.52 bits per heavy atom. The molecule has 0 spiro atoms. The monoisotopic (exact) mass is 290 g/mol. The van der Waals surface area contributed by atoms with E-state index < -0.39 is 10.8 Å². The van der Waals surface area contributed by atoms with E-state index in [1.54, 1.807) is 6.07 Å². The van der Waals surface area contributed by atoms with Crippen LogP contribution in [-0.2, 0) is 6.42 Å². The van der Waals surface area contributed by atoms with Crippen molar-refractivity contribution in [2.24, 2.45) is 0 Å². The maximum atomic E-state index is 12.2. The number of anilines is 1. The number of para-hydroxylation sites is 1. The zero-order valence-corrected chi connectivity index (χ0v) is 11.5. The molecule has 0 atom stereocenters. The zero-order valence-electron chi connectivity index (χ0n) is 11.5. The molecule has 1 aromatic heterocycles. The molecular weight excluding hydrogens is 276 g/mol. The van der Waals surface area contributed by atoms with Crippen LogP contribution in [0.15, 0.2) is 24.3 Å². The molecule has 21 heavy (non-hydrogen) atoms. The van der Waals surface area contributed by atoms with Crippen molar-refractivity contribution in [3.05, 3.63) is 45.6 Å². The van der Waals surface area contributed by atoms with Crippen LogP contribution >= 0.6 is 0 Å². The number of nitro groups is 1. The molecule has 0 aliphatic rings. The quantitative estimate of drug-likeness (QED) is 0.647. The Kier molecular flexibility index (Phi) is 4.17. The lowest BCUT2D eigenvalue weighted by molar-refractivity contribution is -0.385. The van der Waals surface area contributed by atoms with Crippen molar-refractivity contribution < 1.29 is 14.5 Å². The number of ether oxygens (including phenoxy) is 1. The van der Waals surface area contributed by atoms with Crippen molar-refractivity contribution in [1.82, 2.24) is 10.2 Å². The number of rotatable bonds is 5. The molecule has 1 aromatic carbocycles. The van der Waals surface area contributed by atoms with Gasteiger partial charge in [0, 0.05) is 17.8 Å². The van der Waals surface area contributed by atoms with E-state index in [4.69, 9.17) is 4.74 Å². The van der Waals surface area contributed by atoms with E-state index in [1.807, 2.05) is 6.92 Å². The zero-order chi connectivity index (χ0) is 15.4. The molecule has 0 saturated carbocycles. The van der Waals surface area contributed by atoms with Gasteiger partial charge in [0.15, 0.2) is 5.82 Å². The van der Waals surface area contributed by atoms with Crippen molar-refractivity contribution in [3.63, 3.8) is 0 Å². The summed E-state index contributed by atoms with van der Waals surface area (Å²) >= 11 is 0. The smallest absolute Gasteiger partial charge is 0.311 e. The van der Waals surface area contributed by atoms with Crippen LogP contribution in [0.5, 0.6) is 5.75 Å². The molecule has 0 unspecified atom stereocenters. The molecule has 2 rings (SSSR count). The van der Waals surface area contributed by atoms with E-state index in [1.165, 1.54) is 25.3 Å². The molecule has 0 radical (unpaired) electrons. The van der Waals surface area contributed by atoms with Gasteiger partial charge in [-0.05, 0) is 12.5 Å². The third-order valence-corrected chi connectivity index (χ3v) is 2.89. The molecule has 0 aliphatic heterocycles. The van der Waals surface area contributed by atoms with E-state index in [0.29, 0.717) is 5.82 Å². The van der Waals surface area contributed by atoms with Crippen molar-refractivity contribution in [2.75, 3.05) is 12.4 Å². The summed E-state index contributed by atoms with van der Waals surface area (Å²) in [6.45, 7) is 1.95. The number of aryl methyl sites for hydroxylation is 1. The second kappa shape index (κ2) is 6.04. The van der Waals surface area contributed by atoms with E-state index in [0.717, 1.165) is 12.1 Å². The third-order valence-electron chi connectivity index (χ3n) is 2.89. The van der Waals surface area contributed by atoms with Crippen molar-refractivity contribution in [3.8, 4) is 5.75 Å². The Bertz CT molecular complexity index is 681. The molecule has 1 heterocycles. The van der Waals surface area contributed by atoms with Crippen LogP contribution in [0.3, 0.4) is 0 Å². The summed E-state index contributed by atoms with van der Waals surface area (Å²) in [4.78, 5) is 22.5. The number of aromatic nitrogens is 2. The van der Waals surface area contributed by atoms with Gasteiger partial charge in [0.2, 0.25) is 5.75 Å². The number of aromatic amines is 1. The number of carbonyl (C=O) groups is 1. The number of carbonyl (C=O) groups excluding carboxylic acids is 1. The van der Waals surface area contributed by atoms with E-state index in [2.05, 4.69) is 15.5 Å². The molecular formula is C13H14N4O4. The van der Waals surface area contributed by atoms with Crippen molar-refractivity contribution in [2.45, 2.75) is 13.3 Å². The van der Waals surface area contributed by atoms with E-state index in [9.17, 15) is 14.9 Å². The number of amides is 1. The van der Waals surface area contributed by atoms with Gasteiger partial charge < -0.3 is 10.1 Å². The molecule has 0 fully saturated rings. The minimum atomic E-state index is -0.598. The molecule has 0 aliphatic carbocycles. The molecule has 8 nitrogen and oxygen atoms in total. The Hall–Kier alpha value is -2.90. The van der Waals surface area contributed by atoms with Gasteiger partial charge in [-0.25, -0.2) is 0 Å². The Morgan fingerprint density at radius 2 is 2.29 bits per heavy atom. The summed E-state index contributed by atoms with van der Waals surface area (Å²) in [5.74, 6) is -0.249. The maximum Gasteiger partial charge on any atom is 0.311 e. The summed E-state index contributed by atoms with van der Waals surface area (Å²) in [5, 5.41) is 20.2. The first-order chi connectivity index (χ1) is 10.1. The predicted octanol–water partition coefficient (Wildman–Crippen LogP) is 2.14. The van der Waals surface area contributed by atoms with Gasteiger partial charge >= 0.3 is 5.69 Å². The minimum absolute atomic E-state index is 0.0766. The fraction of sp³-hybridized carbons (Fsp3) is 0.231. The lowest BCUT2D eigenvalue weighted by atomic mass is 10.1. The highest BCUT2D eigenvalue weighted by Crippen LogP contribution is 2.30. The lowest BCUT2D eigenvalue weighted by Gasteiger charge is -2.08.